The van der Waals surface area contributed by atoms with E-state index in [4.69, 9.17) is 0 Å². The van der Waals surface area contributed by atoms with Gasteiger partial charge in [0.15, 0.2) is 0 Å². The molecule has 2 N–H and O–H groups in total. The second-order valence-electron chi connectivity index (χ2n) is 3.81. The third kappa shape index (κ3) is 2.13. The molecule has 4 nitrogen and oxygen atoms in total. The van der Waals surface area contributed by atoms with Gasteiger partial charge in [-0.15, -0.1) is 0 Å². The number of aromatic nitrogens is 2. The summed E-state index contributed by atoms with van der Waals surface area (Å²) < 4.78 is 1.88. The quantitative estimate of drug-likeness (QED) is 0.726. The molecule has 0 saturated heterocycles. The van der Waals surface area contributed by atoms with Crippen molar-refractivity contribution in [3.8, 4) is 0 Å². The molecule has 0 amide bonds. The highest BCUT2D eigenvalue weighted by atomic mass is 16.3. The zero-order chi connectivity index (χ0) is 9.97. The van der Waals surface area contributed by atoms with Crippen LogP contribution in [0.3, 0.4) is 0 Å². The first-order valence-corrected chi connectivity index (χ1v) is 5.22. The van der Waals surface area contributed by atoms with Crippen LogP contribution in [-0.2, 0) is 6.54 Å². The Balaban J connectivity index is 2.01. The lowest BCUT2D eigenvalue weighted by molar-refractivity contribution is 0.243. The number of aliphatic hydroxyl groups is 1. The number of aryl methyl sites for hydroxylation is 1. The summed E-state index contributed by atoms with van der Waals surface area (Å²) in [6.45, 7) is 3.08. The normalized spacial score (nSPS) is 18.4. The van der Waals surface area contributed by atoms with Crippen LogP contribution in [0.15, 0.2) is 12.4 Å². The third-order valence-corrected chi connectivity index (χ3v) is 2.58. The van der Waals surface area contributed by atoms with Crippen LogP contribution >= 0.6 is 0 Å². The van der Waals surface area contributed by atoms with Gasteiger partial charge in [-0.3, -0.25) is 4.68 Å². The number of hydrogen-bond acceptors (Lipinski definition) is 3. The first-order chi connectivity index (χ1) is 6.83. The van der Waals surface area contributed by atoms with Gasteiger partial charge in [0, 0.05) is 24.3 Å². The number of hydrogen-bond donors (Lipinski definition) is 2. The van der Waals surface area contributed by atoms with E-state index in [1.54, 1.807) is 0 Å². The van der Waals surface area contributed by atoms with E-state index in [9.17, 15) is 5.11 Å². The molecule has 4 heteroatoms. The molecule has 0 radical (unpaired) electrons. The van der Waals surface area contributed by atoms with Crippen molar-refractivity contribution >= 4 is 0 Å². The molecular weight excluding hydrogens is 178 g/mol. The molecule has 1 saturated carbocycles. The Kier molecular flexibility index (Phi) is 2.84. The topological polar surface area (TPSA) is 50.1 Å². The first kappa shape index (κ1) is 9.68. The van der Waals surface area contributed by atoms with Crippen LogP contribution in [0.2, 0.25) is 0 Å². The van der Waals surface area contributed by atoms with E-state index >= 15 is 0 Å². The van der Waals surface area contributed by atoms with Gasteiger partial charge in [-0.25, -0.2) is 0 Å². The number of nitrogens with one attached hydrogen (secondary N) is 1. The zero-order valence-electron chi connectivity index (χ0n) is 8.48. The first-order valence-electron chi connectivity index (χ1n) is 5.22. The van der Waals surface area contributed by atoms with E-state index in [1.165, 1.54) is 12.8 Å². The minimum absolute atomic E-state index is 0.0581. The van der Waals surface area contributed by atoms with Crippen molar-refractivity contribution in [3.05, 3.63) is 18.0 Å². The highest BCUT2D eigenvalue weighted by molar-refractivity contribution is 5.11. The molecule has 1 unspecified atom stereocenters. The minimum Gasteiger partial charge on any atom is -0.394 e. The van der Waals surface area contributed by atoms with Crippen molar-refractivity contribution in [1.82, 2.24) is 15.1 Å². The fourth-order valence-corrected chi connectivity index (χ4v) is 1.52. The molecule has 1 fully saturated rings. The van der Waals surface area contributed by atoms with Crippen LogP contribution in [0.5, 0.6) is 0 Å². The van der Waals surface area contributed by atoms with E-state index < -0.39 is 0 Å². The van der Waals surface area contributed by atoms with Crippen molar-refractivity contribution in [2.45, 2.75) is 38.4 Å². The third-order valence-electron chi connectivity index (χ3n) is 2.58. The molecule has 2 rings (SSSR count). The molecule has 1 aliphatic rings. The lowest BCUT2D eigenvalue weighted by Gasteiger charge is -2.13. The zero-order valence-corrected chi connectivity index (χ0v) is 8.48. The molecular formula is C10H17N3O. The Morgan fingerprint density at radius 2 is 2.50 bits per heavy atom. The molecule has 78 valence electrons. The maximum Gasteiger partial charge on any atom is 0.0627 e. The molecule has 1 heterocycles. The second kappa shape index (κ2) is 4.11. The summed E-state index contributed by atoms with van der Waals surface area (Å²) in [4.78, 5) is 0. The minimum atomic E-state index is 0.0581. The number of aliphatic hydroxyl groups excluding tert-OH is 1. The largest absolute Gasteiger partial charge is 0.394 e. The van der Waals surface area contributed by atoms with Crippen molar-refractivity contribution in [2.75, 3.05) is 6.61 Å². The van der Waals surface area contributed by atoms with Gasteiger partial charge in [0.1, 0.15) is 0 Å². The van der Waals surface area contributed by atoms with Crippen molar-refractivity contribution in [1.29, 1.82) is 0 Å². The van der Waals surface area contributed by atoms with Gasteiger partial charge in [-0.05, 0) is 19.8 Å². The Morgan fingerprint density at radius 1 is 1.71 bits per heavy atom. The van der Waals surface area contributed by atoms with E-state index in [-0.39, 0.29) is 12.6 Å². The molecule has 0 aliphatic heterocycles. The van der Waals surface area contributed by atoms with Gasteiger partial charge < -0.3 is 10.4 Å². The monoisotopic (exact) mass is 195 g/mol. The molecule has 0 spiro atoms. The standard InChI is InChI=1S/C10H17N3O/c1-2-13-6-8(5-11-13)10(7-14)12-9-3-4-9/h5-6,9-10,12,14H,2-4,7H2,1H3. The van der Waals surface area contributed by atoms with Crippen LogP contribution in [0.4, 0.5) is 0 Å². The average molecular weight is 195 g/mol. The lowest BCUT2D eigenvalue weighted by Crippen LogP contribution is -2.25. The maximum atomic E-state index is 9.24. The van der Waals surface area contributed by atoms with Crippen LogP contribution < -0.4 is 5.32 Å². The van der Waals surface area contributed by atoms with E-state index in [1.807, 2.05) is 17.1 Å². The Labute approximate surface area is 83.9 Å². The van der Waals surface area contributed by atoms with Crippen molar-refractivity contribution in [3.63, 3.8) is 0 Å². The predicted molar refractivity (Wildman–Crippen MR) is 53.9 cm³/mol. The lowest BCUT2D eigenvalue weighted by atomic mass is 10.2. The smallest absolute Gasteiger partial charge is 0.0627 e. The average Bonchev–Trinajstić information content (AvgIpc) is 2.90. The predicted octanol–water partition coefficient (Wildman–Crippen LogP) is 0.688. The fourth-order valence-electron chi connectivity index (χ4n) is 1.52. The summed E-state index contributed by atoms with van der Waals surface area (Å²) in [6.07, 6.45) is 6.30. The molecule has 1 atom stereocenters. The Hall–Kier alpha value is -0.870. The summed E-state index contributed by atoms with van der Waals surface area (Å²) in [5.41, 5.74) is 1.08. The van der Waals surface area contributed by atoms with Crippen LogP contribution in [0.1, 0.15) is 31.4 Å². The van der Waals surface area contributed by atoms with Crippen LogP contribution in [-0.4, -0.2) is 27.5 Å². The van der Waals surface area contributed by atoms with Crippen LogP contribution in [0.25, 0.3) is 0 Å². The highest BCUT2D eigenvalue weighted by Crippen LogP contribution is 2.23. The van der Waals surface area contributed by atoms with Crippen molar-refractivity contribution in [2.24, 2.45) is 0 Å². The summed E-state index contributed by atoms with van der Waals surface area (Å²) in [6, 6.07) is 0.667. The van der Waals surface area contributed by atoms with Gasteiger partial charge in [0.2, 0.25) is 0 Å². The molecule has 1 aromatic heterocycles. The molecule has 14 heavy (non-hydrogen) atoms. The van der Waals surface area contributed by atoms with E-state index in [2.05, 4.69) is 17.3 Å². The van der Waals surface area contributed by atoms with Gasteiger partial charge in [-0.2, -0.15) is 5.10 Å². The highest BCUT2D eigenvalue weighted by Gasteiger charge is 2.25. The number of nitrogens with zero attached hydrogens (tertiary/aromatic N) is 2. The van der Waals surface area contributed by atoms with Crippen LogP contribution in [0, 0.1) is 0 Å². The van der Waals surface area contributed by atoms with Gasteiger partial charge in [0.25, 0.3) is 0 Å². The summed E-state index contributed by atoms with van der Waals surface area (Å²) >= 11 is 0. The summed E-state index contributed by atoms with van der Waals surface area (Å²) in [5, 5.41) is 16.8. The maximum absolute atomic E-state index is 9.24. The molecule has 1 aromatic rings. The van der Waals surface area contributed by atoms with Gasteiger partial charge in [0.05, 0.1) is 18.8 Å². The van der Waals surface area contributed by atoms with Gasteiger partial charge >= 0.3 is 0 Å². The van der Waals surface area contributed by atoms with Gasteiger partial charge in [-0.1, -0.05) is 0 Å². The molecule has 1 aliphatic carbocycles. The summed E-state index contributed by atoms with van der Waals surface area (Å²) in [5.74, 6) is 0. The Morgan fingerprint density at radius 3 is 3.00 bits per heavy atom. The number of rotatable bonds is 5. The van der Waals surface area contributed by atoms with E-state index in [0.717, 1.165) is 12.1 Å². The van der Waals surface area contributed by atoms with E-state index in [0.29, 0.717) is 6.04 Å². The SMILES string of the molecule is CCn1cc(C(CO)NC2CC2)cn1. The second-order valence-corrected chi connectivity index (χ2v) is 3.81. The fraction of sp³-hybridized carbons (Fsp3) is 0.700. The molecule has 0 bridgehead atoms. The van der Waals surface area contributed by atoms with Crippen molar-refractivity contribution < 1.29 is 5.11 Å². The summed E-state index contributed by atoms with van der Waals surface area (Å²) in [7, 11) is 0. The molecule has 0 aromatic carbocycles. The Bertz CT molecular complexity index is 293.